The number of rotatable bonds is 9. The first-order chi connectivity index (χ1) is 14.9. The molecule has 1 heterocycles. The number of phenols is 1. The Kier molecular flexibility index (Phi) is 8.58. The zero-order valence-electron chi connectivity index (χ0n) is 19.5. The molecule has 0 aromatic heterocycles. The van der Waals surface area contributed by atoms with Crippen LogP contribution in [0.5, 0.6) is 5.75 Å². The number of piperidine rings is 1. The molecule has 0 bridgehead atoms. The van der Waals surface area contributed by atoms with E-state index in [2.05, 4.69) is 22.3 Å². The van der Waals surface area contributed by atoms with Gasteiger partial charge in [-0.3, -0.25) is 4.90 Å². The van der Waals surface area contributed by atoms with E-state index in [0.717, 1.165) is 55.7 Å². The second-order valence-electron chi connectivity index (χ2n) is 9.06. The van der Waals surface area contributed by atoms with Gasteiger partial charge in [-0.25, -0.2) is 0 Å². The van der Waals surface area contributed by atoms with Crippen LogP contribution in [0.3, 0.4) is 0 Å². The fourth-order valence-corrected chi connectivity index (χ4v) is 4.84. The Morgan fingerprint density at radius 1 is 1.16 bits per heavy atom. The average Bonchev–Trinajstić information content (AvgIpc) is 2.77. The van der Waals surface area contributed by atoms with Crippen LogP contribution in [0.1, 0.15) is 57.9 Å². The van der Waals surface area contributed by atoms with Crippen molar-refractivity contribution in [1.29, 1.82) is 0 Å². The number of methoxy groups -OCH3 is 1. The summed E-state index contributed by atoms with van der Waals surface area (Å²) in [5, 5.41) is 17.9. The lowest BCUT2D eigenvalue weighted by Crippen LogP contribution is -2.53. The maximum atomic E-state index is 10.3. The third-order valence-corrected chi connectivity index (χ3v) is 6.91. The predicted octanol–water partition coefficient (Wildman–Crippen LogP) is 4.00. The molecular formula is C24H39N3O4. The van der Waals surface area contributed by atoms with E-state index in [9.17, 15) is 5.11 Å². The van der Waals surface area contributed by atoms with Gasteiger partial charge in [0.2, 0.25) is 0 Å². The lowest BCUT2D eigenvalue weighted by molar-refractivity contribution is -0.0398. The molecule has 1 saturated carbocycles. The molecule has 7 heteroatoms. The predicted molar refractivity (Wildman–Crippen MR) is 124 cm³/mol. The van der Waals surface area contributed by atoms with Crippen molar-refractivity contribution in [2.45, 2.75) is 70.1 Å². The van der Waals surface area contributed by atoms with Crippen LogP contribution in [-0.4, -0.2) is 73.9 Å². The number of nitrogens with one attached hydrogen (secondary N) is 1. The molecule has 1 aliphatic carbocycles. The smallest absolute Gasteiger partial charge is 0.138 e. The van der Waals surface area contributed by atoms with Gasteiger partial charge in [-0.15, -0.1) is 0 Å². The minimum absolute atomic E-state index is 0.266. The van der Waals surface area contributed by atoms with Gasteiger partial charge in [0.15, 0.2) is 0 Å². The monoisotopic (exact) mass is 433 g/mol. The van der Waals surface area contributed by atoms with E-state index in [4.69, 9.17) is 14.3 Å². The Balaban J connectivity index is 1.50. The quantitative estimate of drug-likeness (QED) is 0.265. The SMILES string of the molecule is COCCO[C@H]1CC[C@](C)(N2CCC(Nc3cc(/C(C)=N/OC)ccc3O)CC2)CC1. The summed E-state index contributed by atoms with van der Waals surface area (Å²) in [6, 6.07) is 5.88. The van der Waals surface area contributed by atoms with Crippen molar-refractivity contribution in [3.8, 4) is 5.75 Å². The number of anilines is 1. The number of hydrogen-bond acceptors (Lipinski definition) is 7. The second kappa shape index (κ2) is 11.2. The topological polar surface area (TPSA) is 75.6 Å². The van der Waals surface area contributed by atoms with Crippen LogP contribution in [0, 0.1) is 0 Å². The molecule has 1 saturated heterocycles. The van der Waals surface area contributed by atoms with E-state index in [1.807, 2.05) is 19.1 Å². The Hall–Kier alpha value is -1.83. The van der Waals surface area contributed by atoms with Crippen molar-refractivity contribution in [2.75, 3.05) is 45.8 Å². The summed E-state index contributed by atoms with van der Waals surface area (Å²) in [6.07, 6.45) is 7.13. The number of ether oxygens (including phenoxy) is 2. The van der Waals surface area contributed by atoms with Crippen LogP contribution in [0.2, 0.25) is 0 Å². The first kappa shape index (κ1) is 23.8. The zero-order valence-corrected chi connectivity index (χ0v) is 19.5. The number of oxime groups is 1. The molecule has 0 radical (unpaired) electrons. The van der Waals surface area contributed by atoms with Crippen molar-refractivity contribution < 1.29 is 19.4 Å². The second-order valence-corrected chi connectivity index (χ2v) is 9.06. The molecule has 0 atom stereocenters. The molecular weight excluding hydrogens is 394 g/mol. The number of hydrogen-bond donors (Lipinski definition) is 2. The highest BCUT2D eigenvalue weighted by molar-refractivity contribution is 5.99. The first-order valence-corrected chi connectivity index (χ1v) is 11.5. The number of likely N-dealkylation sites (tertiary alicyclic amines) is 1. The molecule has 1 aromatic carbocycles. The van der Waals surface area contributed by atoms with Crippen molar-refractivity contribution in [2.24, 2.45) is 5.16 Å². The van der Waals surface area contributed by atoms with Crippen molar-refractivity contribution in [3.05, 3.63) is 23.8 Å². The molecule has 7 nitrogen and oxygen atoms in total. The van der Waals surface area contributed by atoms with Crippen molar-refractivity contribution in [3.63, 3.8) is 0 Å². The van der Waals surface area contributed by atoms with Gasteiger partial charge in [0.1, 0.15) is 12.9 Å². The molecule has 174 valence electrons. The third-order valence-electron chi connectivity index (χ3n) is 6.91. The molecule has 1 aromatic rings. The van der Waals surface area contributed by atoms with Crippen LogP contribution in [0.25, 0.3) is 0 Å². The molecule has 31 heavy (non-hydrogen) atoms. The van der Waals surface area contributed by atoms with Crippen LogP contribution in [-0.2, 0) is 14.3 Å². The van der Waals surface area contributed by atoms with E-state index in [1.165, 1.54) is 20.0 Å². The highest BCUT2D eigenvalue weighted by Crippen LogP contribution is 2.37. The Labute approximate surface area is 186 Å². The highest BCUT2D eigenvalue weighted by Gasteiger charge is 2.38. The standard InChI is InChI=1S/C24H39N3O4/c1-18(26-30-4)19-5-6-23(28)22(17-19)25-20-9-13-27(14-10-20)24(2)11-7-21(8-12-24)31-16-15-29-3/h5-6,17,20-21,25,28H,7-16H2,1-4H3/b26-18+/t21-,24-. The fraction of sp³-hybridized carbons (Fsp3) is 0.708. The number of phenolic OH excluding ortho intramolecular Hbond substituents is 1. The zero-order chi connectivity index (χ0) is 22.3. The largest absolute Gasteiger partial charge is 0.506 e. The summed E-state index contributed by atoms with van der Waals surface area (Å²) in [5.41, 5.74) is 2.76. The number of benzene rings is 1. The van der Waals surface area contributed by atoms with E-state index in [-0.39, 0.29) is 11.3 Å². The van der Waals surface area contributed by atoms with E-state index in [1.54, 1.807) is 13.2 Å². The summed E-state index contributed by atoms with van der Waals surface area (Å²) in [5.74, 6) is 0.273. The van der Waals surface area contributed by atoms with Gasteiger partial charge < -0.3 is 24.7 Å². The normalized spacial score (nSPS) is 26.1. The van der Waals surface area contributed by atoms with Gasteiger partial charge in [0.25, 0.3) is 0 Å². The molecule has 0 amide bonds. The van der Waals surface area contributed by atoms with Gasteiger partial charge in [-0.05, 0) is 70.6 Å². The molecule has 0 unspecified atom stereocenters. The third kappa shape index (κ3) is 6.34. The average molecular weight is 434 g/mol. The van der Waals surface area contributed by atoms with E-state index >= 15 is 0 Å². The van der Waals surface area contributed by atoms with Gasteiger partial charge in [-0.2, -0.15) is 0 Å². The molecule has 1 aliphatic heterocycles. The van der Waals surface area contributed by atoms with Crippen molar-refractivity contribution in [1.82, 2.24) is 4.90 Å². The number of aromatic hydroxyl groups is 1. The van der Waals surface area contributed by atoms with Gasteiger partial charge in [0, 0.05) is 37.3 Å². The summed E-state index contributed by atoms with van der Waals surface area (Å²) < 4.78 is 11.0. The van der Waals surface area contributed by atoms with Crippen LogP contribution >= 0.6 is 0 Å². The summed E-state index contributed by atoms with van der Waals surface area (Å²) in [7, 11) is 3.26. The highest BCUT2D eigenvalue weighted by atomic mass is 16.6. The summed E-state index contributed by atoms with van der Waals surface area (Å²) in [4.78, 5) is 7.54. The van der Waals surface area contributed by atoms with Crippen LogP contribution < -0.4 is 5.32 Å². The summed E-state index contributed by atoms with van der Waals surface area (Å²) >= 11 is 0. The molecule has 2 N–H and O–H groups in total. The van der Waals surface area contributed by atoms with E-state index < -0.39 is 0 Å². The minimum atomic E-state index is 0.266. The Morgan fingerprint density at radius 3 is 2.52 bits per heavy atom. The molecule has 2 fully saturated rings. The van der Waals surface area contributed by atoms with E-state index in [0.29, 0.717) is 25.4 Å². The maximum absolute atomic E-state index is 10.3. The Morgan fingerprint density at radius 2 is 1.87 bits per heavy atom. The van der Waals surface area contributed by atoms with Crippen LogP contribution in [0.15, 0.2) is 23.4 Å². The van der Waals surface area contributed by atoms with Crippen molar-refractivity contribution >= 4 is 11.4 Å². The van der Waals surface area contributed by atoms with Gasteiger partial charge in [-0.1, -0.05) is 5.16 Å². The summed E-state index contributed by atoms with van der Waals surface area (Å²) in [6.45, 7) is 7.84. The lowest BCUT2D eigenvalue weighted by atomic mass is 9.79. The first-order valence-electron chi connectivity index (χ1n) is 11.5. The fourth-order valence-electron chi connectivity index (χ4n) is 4.84. The Bertz CT molecular complexity index is 724. The molecule has 2 aliphatic rings. The van der Waals surface area contributed by atoms with Gasteiger partial charge >= 0.3 is 0 Å². The van der Waals surface area contributed by atoms with Crippen LogP contribution in [0.4, 0.5) is 5.69 Å². The lowest BCUT2D eigenvalue weighted by Gasteiger charge is -2.48. The van der Waals surface area contributed by atoms with Gasteiger partial charge in [0.05, 0.1) is 30.7 Å². The number of nitrogens with zero attached hydrogens (tertiary/aromatic N) is 2. The molecule has 0 spiro atoms. The minimum Gasteiger partial charge on any atom is -0.506 e. The molecule has 3 rings (SSSR count). The maximum Gasteiger partial charge on any atom is 0.138 e.